The van der Waals surface area contributed by atoms with Crippen LogP contribution < -0.4 is 36.1 Å². The van der Waals surface area contributed by atoms with Crippen molar-refractivity contribution >= 4 is 63.3 Å². The molecule has 0 aliphatic carbocycles. The zero-order chi connectivity index (χ0) is 62.1. The van der Waals surface area contributed by atoms with Crippen LogP contribution in [0.2, 0.25) is 0 Å². The van der Waals surface area contributed by atoms with Gasteiger partial charge in [0.25, 0.3) is 0 Å². The van der Waals surface area contributed by atoms with Gasteiger partial charge >= 0.3 is 5.97 Å². The van der Waals surface area contributed by atoms with E-state index in [9.17, 15) is 39.0 Å². The molecule has 0 bridgehead atoms. The van der Waals surface area contributed by atoms with E-state index < -0.39 is 58.6 Å². The van der Waals surface area contributed by atoms with E-state index in [4.69, 9.17) is 28.4 Å². The van der Waals surface area contributed by atoms with E-state index in [0.29, 0.717) is 29.4 Å². The number of aryl methyl sites for hydroxylation is 1. The number of ether oxygens (including phenoxy) is 6. The highest BCUT2D eigenvalue weighted by Crippen LogP contribution is 2.42. The van der Waals surface area contributed by atoms with Crippen LogP contribution in [0.25, 0.3) is 21.6 Å². The fourth-order valence-electron chi connectivity index (χ4n) is 10.0. The number of fused-ring (bicyclic) bond motifs is 1. The SMILES string of the molecule is Cc1ncsc1-c1ccc(CNC(=O)[C@@H]2C[C@@H](O)CN2C(=O)C(NC(=O)COCCOCCOCC(=O)NCCOCCOc2cc3c(cc2Oc2ccc(-c4ccc(C(=O)O)cc4)c(F)c2)[C@@](C)(CC(=O)Nc2nccs2)NCC3)C(C)(C)C)cc1. The van der Waals surface area contributed by atoms with Crippen LogP contribution in [0.15, 0.2) is 96.0 Å². The number of likely N-dealkylation sites (tertiary alicyclic amines) is 1. The number of aromatic nitrogens is 2. The zero-order valence-corrected chi connectivity index (χ0v) is 50.7. The molecule has 5 amide bonds. The monoisotopic (exact) mass is 1240 g/mol. The standard InChI is InChI=1S/C62H73FN8O14S2/c1-38-55(87-37-67-38)41-8-6-39(7-9-41)33-66-57(76)49-29-44(72)34-71(49)58(77)56(61(2,3)4)69-54(75)36-83-24-22-81-21-23-82-35-53(74)64-18-20-80-25-26-84-50-28-43-16-17-68-62(5,32-52(73)70-60-65-19-27-86-60)47(43)31-51(50)85-45-14-15-46(48(63)30-45)40-10-12-42(13-11-40)59(78)79/h6-15,19,27-28,30-31,37,44,49,56,68,72H,16-18,20-26,29,32-36H2,1-5H3,(H,64,74)(H,66,76)(H,69,75)(H,78,79)(H,65,70,73)/t44-,49+,56?,62-/m1/s1. The number of hydrogen-bond donors (Lipinski definition) is 7. The molecular formula is C62H73FN8O14S2. The highest BCUT2D eigenvalue weighted by molar-refractivity contribution is 7.14. The van der Waals surface area contributed by atoms with E-state index in [2.05, 4.69) is 36.6 Å². The van der Waals surface area contributed by atoms with Gasteiger partial charge in [-0.05, 0) is 89.9 Å². The largest absolute Gasteiger partial charge is 0.487 e. The van der Waals surface area contributed by atoms with Crippen molar-refractivity contribution < 1.29 is 71.8 Å². The van der Waals surface area contributed by atoms with Crippen LogP contribution in [0.4, 0.5) is 9.52 Å². The van der Waals surface area contributed by atoms with E-state index in [1.54, 1.807) is 67.4 Å². The number of β-amino-alcohol motifs (C(OH)–C–C–N with tert-alkyl or cyclic N) is 1. The van der Waals surface area contributed by atoms with Crippen LogP contribution in [0.5, 0.6) is 17.2 Å². The summed E-state index contributed by atoms with van der Waals surface area (Å²) in [5.41, 5.74) is 5.62. The van der Waals surface area contributed by atoms with Crippen molar-refractivity contribution in [3.8, 4) is 38.8 Å². The van der Waals surface area contributed by atoms with Crippen LogP contribution in [0, 0.1) is 18.2 Å². The maximum absolute atomic E-state index is 15.7. The third-order valence-corrected chi connectivity index (χ3v) is 16.1. The van der Waals surface area contributed by atoms with Crippen molar-refractivity contribution in [3.63, 3.8) is 0 Å². The molecule has 4 heterocycles. The van der Waals surface area contributed by atoms with Crippen LogP contribution >= 0.6 is 22.7 Å². The number of carbonyl (C=O) groups excluding carboxylic acids is 5. The number of benzene rings is 4. The molecule has 2 aromatic heterocycles. The number of rotatable bonds is 30. The van der Waals surface area contributed by atoms with Crippen LogP contribution in [-0.2, 0) is 61.4 Å². The van der Waals surface area contributed by atoms with Gasteiger partial charge in [-0.2, -0.15) is 0 Å². The lowest BCUT2D eigenvalue weighted by Crippen LogP contribution is -2.58. The summed E-state index contributed by atoms with van der Waals surface area (Å²) >= 11 is 2.87. The molecule has 1 unspecified atom stereocenters. The Morgan fingerprint density at radius 2 is 1.52 bits per heavy atom. The zero-order valence-electron chi connectivity index (χ0n) is 49.1. The van der Waals surface area contributed by atoms with Gasteiger partial charge in [0.15, 0.2) is 16.6 Å². The number of carbonyl (C=O) groups is 6. The van der Waals surface area contributed by atoms with E-state index in [1.807, 2.05) is 44.2 Å². The predicted octanol–water partition coefficient (Wildman–Crippen LogP) is 6.63. The average molecular weight is 1240 g/mol. The van der Waals surface area contributed by atoms with E-state index in [0.717, 1.165) is 32.8 Å². The summed E-state index contributed by atoms with van der Waals surface area (Å²) in [6.07, 6.45) is 1.47. The molecule has 22 nitrogen and oxygen atoms in total. The molecule has 0 spiro atoms. The molecule has 1 saturated heterocycles. The molecule has 2 aliphatic heterocycles. The van der Waals surface area contributed by atoms with Crippen LogP contribution in [-0.4, -0.2) is 158 Å². The number of nitrogens with zero attached hydrogens (tertiary/aromatic N) is 3. The number of carboxylic acids is 1. The maximum Gasteiger partial charge on any atom is 0.335 e. The Morgan fingerprint density at radius 3 is 2.20 bits per heavy atom. The number of anilines is 1. The van der Waals surface area contributed by atoms with Crippen molar-refractivity contribution in [2.45, 2.75) is 84.2 Å². The first-order valence-electron chi connectivity index (χ1n) is 28.4. The van der Waals surface area contributed by atoms with Crippen molar-refractivity contribution in [3.05, 3.63) is 130 Å². The molecule has 1 fully saturated rings. The van der Waals surface area contributed by atoms with Gasteiger partial charge in [0.2, 0.25) is 29.5 Å². The number of carboxylic acid groups (broad SMARTS) is 1. The minimum atomic E-state index is -1.09. The summed E-state index contributed by atoms with van der Waals surface area (Å²) in [4.78, 5) is 88.5. The molecule has 25 heteroatoms. The summed E-state index contributed by atoms with van der Waals surface area (Å²) < 4.78 is 50.4. The van der Waals surface area contributed by atoms with Crippen molar-refractivity contribution in [1.82, 2.24) is 36.1 Å². The molecule has 4 aromatic carbocycles. The number of halogens is 1. The number of hydrogen-bond acceptors (Lipinski definition) is 18. The minimum absolute atomic E-state index is 0.0546. The summed E-state index contributed by atoms with van der Waals surface area (Å²) in [6, 6.07) is 19.7. The fraction of sp³-hybridized carbons (Fsp3) is 0.419. The van der Waals surface area contributed by atoms with Gasteiger partial charge in [0, 0.05) is 67.8 Å². The molecule has 87 heavy (non-hydrogen) atoms. The molecule has 464 valence electrons. The third kappa shape index (κ3) is 18.4. The number of aliphatic hydroxyl groups excluding tert-OH is 1. The second kappa shape index (κ2) is 30.7. The number of thiazole rings is 2. The van der Waals surface area contributed by atoms with Crippen LogP contribution in [0.1, 0.15) is 73.3 Å². The normalized spacial score (nSPS) is 16.8. The molecule has 7 N–H and O–H groups in total. The van der Waals surface area contributed by atoms with Crippen molar-refractivity contribution in [2.24, 2.45) is 5.41 Å². The Kier molecular flexibility index (Phi) is 23.0. The Morgan fingerprint density at radius 1 is 0.816 bits per heavy atom. The first kappa shape index (κ1) is 65.2. The van der Waals surface area contributed by atoms with Crippen molar-refractivity contribution in [1.29, 1.82) is 0 Å². The summed E-state index contributed by atoms with van der Waals surface area (Å²) in [6.45, 7) is 10.5. The Labute approximate surface area is 511 Å². The van der Waals surface area contributed by atoms with Crippen molar-refractivity contribution in [2.75, 3.05) is 84.4 Å². The van der Waals surface area contributed by atoms with E-state index >= 15 is 4.39 Å². The third-order valence-electron chi connectivity index (χ3n) is 14.5. The molecule has 4 atom stereocenters. The quantitative estimate of drug-likeness (QED) is 0.0233. The first-order valence-corrected chi connectivity index (χ1v) is 30.2. The summed E-state index contributed by atoms with van der Waals surface area (Å²) in [5, 5.41) is 36.9. The highest BCUT2D eigenvalue weighted by atomic mass is 32.1. The summed E-state index contributed by atoms with van der Waals surface area (Å²) in [5.74, 6) is -2.91. The van der Waals surface area contributed by atoms with E-state index in [-0.39, 0.29) is 126 Å². The topological polar surface area (TPSA) is 287 Å². The highest BCUT2D eigenvalue weighted by Gasteiger charge is 2.44. The predicted molar refractivity (Wildman–Crippen MR) is 323 cm³/mol. The second-order valence-electron chi connectivity index (χ2n) is 22.1. The van der Waals surface area contributed by atoms with Gasteiger partial charge in [-0.3, -0.25) is 24.0 Å². The molecule has 0 radical (unpaired) electrons. The number of aliphatic hydroxyl groups is 1. The Hall–Kier alpha value is -7.75. The second-order valence-corrected chi connectivity index (χ2v) is 23.9. The Bertz CT molecular complexity index is 3330. The minimum Gasteiger partial charge on any atom is -0.487 e. The molecule has 0 saturated carbocycles. The lowest BCUT2D eigenvalue weighted by atomic mass is 9.81. The lowest BCUT2D eigenvalue weighted by molar-refractivity contribution is -0.144. The molecule has 6 aromatic rings. The van der Waals surface area contributed by atoms with Gasteiger partial charge in [0.05, 0.1) is 67.4 Å². The smallest absolute Gasteiger partial charge is 0.335 e. The van der Waals surface area contributed by atoms with Gasteiger partial charge in [0.1, 0.15) is 43.5 Å². The Balaban J connectivity index is 0.715. The molecular weight excluding hydrogens is 1160 g/mol. The summed E-state index contributed by atoms with van der Waals surface area (Å²) in [7, 11) is 0. The van der Waals surface area contributed by atoms with Gasteiger partial charge < -0.3 is 70.1 Å². The van der Waals surface area contributed by atoms with Crippen LogP contribution in [0.3, 0.4) is 0 Å². The number of nitrogens with one attached hydrogen (secondary N) is 5. The van der Waals surface area contributed by atoms with E-state index in [1.165, 1.54) is 46.6 Å². The molecule has 2 aliphatic rings. The van der Waals surface area contributed by atoms with Gasteiger partial charge in [-0.15, -0.1) is 22.7 Å². The fourth-order valence-corrected chi connectivity index (χ4v) is 11.4. The van der Waals surface area contributed by atoms with Gasteiger partial charge in [-0.25, -0.2) is 19.2 Å². The average Bonchev–Trinajstić information content (AvgIpc) is 1.31. The number of aromatic carboxylic acids is 1. The lowest BCUT2D eigenvalue weighted by Gasteiger charge is -2.37. The first-order chi connectivity index (χ1) is 41.7. The number of amides is 5. The maximum atomic E-state index is 15.7. The van der Waals surface area contributed by atoms with Gasteiger partial charge in [-0.1, -0.05) is 57.2 Å². The molecule has 8 rings (SSSR count).